The molecule has 0 spiro atoms. The minimum Gasteiger partial charge on any atom is -0.322 e. The van der Waals surface area contributed by atoms with E-state index < -0.39 is 10.0 Å². The summed E-state index contributed by atoms with van der Waals surface area (Å²) in [5.74, 6) is -0.741. The molecule has 1 N–H and O–H groups in total. The molecule has 0 radical (unpaired) electrons. The zero-order valence-electron chi connectivity index (χ0n) is 19.9. The van der Waals surface area contributed by atoms with Crippen molar-refractivity contribution in [2.75, 3.05) is 18.4 Å². The molecule has 1 fully saturated rings. The maximum atomic E-state index is 13.5. The predicted molar refractivity (Wildman–Crippen MR) is 139 cm³/mol. The zero-order valence-corrected chi connectivity index (χ0v) is 20.7. The van der Waals surface area contributed by atoms with E-state index in [1.165, 1.54) is 22.5 Å². The number of benzene rings is 3. The molecule has 0 unspecified atom stereocenters. The number of carbonyl (C=O) groups excluding carboxylic acids is 1. The number of hydrogen-bond donors (Lipinski definition) is 1. The highest BCUT2D eigenvalue weighted by molar-refractivity contribution is 7.89. The molecule has 0 bridgehead atoms. The molecule has 36 heavy (non-hydrogen) atoms. The number of carbonyl (C=O) groups is 1. The number of sulfonamides is 1. The van der Waals surface area contributed by atoms with Crippen molar-refractivity contribution < 1.29 is 17.6 Å². The number of rotatable bonds is 5. The molecular weight excluding hydrogens is 477 g/mol. The first-order valence-corrected chi connectivity index (χ1v) is 13.3. The summed E-state index contributed by atoms with van der Waals surface area (Å²) in [4.78, 5) is 18.3. The van der Waals surface area contributed by atoms with Crippen LogP contribution < -0.4 is 5.32 Å². The van der Waals surface area contributed by atoms with E-state index in [0.717, 1.165) is 19.3 Å². The number of amides is 1. The second-order valence-electron chi connectivity index (χ2n) is 8.98. The van der Waals surface area contributed by atoms with Gasteiger partial charge in [0.25, 0.3) is 5.91 Å². The molecule has 1 aliphatic rings. The smallest absolute Gasteiger partial charge is 0.256 e. The van der Waals surface area contributed by atoms with Crippen molar-refractivity contribution in [1.29, 1.82) is 0 Å². The standard InChI is InChI=1S/C28H26FN3O3S/c1-19-9-14-22(17-27(19)36(34,35)32-15-5-2-6-16-32)30-28(33)24-18-26(20-10-12-21(29)13-11-20)31-25-8-4-3-7-23(24)25/h3-4,7-14,17-18H,2,5-6,15-16H2,1H3,(H,30,33). The number of para-hydroxylation sites is 1. The average molecular weight is 504 g/mol. The van der Waals surface area contributed by atoms with E-state index in [4.69, 9.17) is 0 Å². The molecule has 3 aromatic carbocycles. The van der Waals surface area contributed by atoms with Crippen molar-refractivity contribution in [2.45, 2.75) is 31.1 Å². The number of anilines is 1. The minimum atomic E-state index is -3.66. The largest absolute Gasteiger partial charge is 0.322 e. The Kier molecular flexibility index (Phi) is 6.55. The van der Waals surface area contributed by atoms with E-state index in [9.17, 15) is 17.6 Å². The Balaban J connectivity index is 1.51. The fourth-order valence-electron chi connectivity index (χ4n) is 4.53. The minimum absolute atomic E-state index is 0.203. The van der Waals surface area contributed by atoms with Crippen molar-refractivity contribution >= 4 is 32.5 Å². The Hall–Kier alpha value is -3.62. The number of halogens is 1. The Morgan fingerprint density at radius 2 is 1.67 bits per heavy atom. The summed E-state index contributed by atoms with van der Waals surface area (Å²) in [7, 11) is -3.66. The van der Waals surface area contributed by atoms with Gasteiger partial charge in [-0.05, 0) is 73.9 Å². The van der Waals surface area contributed by atoms with E-state index in [-0.39, 0.29) is 16.6 Å². The Bertz CT molecular complexity index is 1550. The molecule has 2 heterocycles. The number of pyridine rings is 1. The predicted octanol–water partition coefficient (Wildman–Crippen LogP) is 5.78. The van der Waals surface area contributed by atoms with E-state index in [1.807, 2.05) is 24.3 Å². The number of nitrogens with one attached hydrogen (secondary N) is 1. The molecule has 1 aliphatic heterocycles. The molecular formula is C28H26FN3O3S. The molecule has 4 aromatic rings. The molecule has 184 valence electrons. The van der Waals surface area contributed by atoms with Gasteiger partial charge in [0.2, 0.25) is 10.0 Å². The molecule has 0 atom stereocenters. The molecule has 1 saturated heterocycles. The van der Waals surface area contributed by atoms with Crippen LogP contribution in [0.2, 0.25) is 0 Å². The van der Waals surface area contributed by atoms with Crippen LogP contribution in [0, 0.1) is 12.7 Å². The molecule has 1 aromatic heterocycles. The van der Waals surface area contributed by atoms with E-state index in [0.29, 0.717) is 52.1 Å². The van der Waals surface area contributed by atoms with Gasteiger partial charge in [-0.3, -0.25) is 4.79 Å². The third-order valence-electron chi connectivity index (χ3n) is 6.48. The summed E-state index contributed by atoms with van der Waals surface area (Å²) < 4.78 is 41.6. The van der Waals surface area contributed by atoms with Gasteiger partial charge in [-0.1, -0.05) is 30.7 Å². The van der Waals surface area contributed by atoms with Gasteiger partial charge in [0.15, 0.2) is 0 Å². The van der Waals surface area contributed by atoms with E-state index in [1.54, 1.807) is 37.3 Å². The van der Waals surface area contributed by atoms with Gasteiger partial charge < -0.3 is 5.32 Å². The van der Waals surface area contributed by atoms with Gasteiger partial charge in [-0.2, -0.15) is 4.31 Å². The highest BCUT2D eigenvalue weighted by Crippen LogP contribution is 2.28. The quantitative estimate of drug-likeness (QED) is 0.375. The SMILES string of the molecule is Cc1ccc(NC(=O)c2cc(-c3ccc(F)cc3)nc3ccccc23)cc1S(=O)(=O)N1CCCCC1. The zero-order chi connectivity index (χ0) is 25.3. The summed E-state index contributed by atoms with van der Waals surface area (Å²) in [5.41, 5.74) is 3.26. The fourth-order valence-corrected chi connectivity index (χ4v) is 6.30. The van der Waals surface area contributed by atoms with Crippen molar-refractivity contribution in [1.82, 2.24) is 9.29 Å². The van der Waals surface area contributed by atoms with Crippen LogP contribution in [0.5, 0.6) is 0 Å². The van der Waals surface area contributed by atoms with Gasteiger partial charge in [0.05, 0.1) is 21.7 Å². The van der Waals surface area contributed by atoms with Crippen LogP contribution >= 0.6 is 0 Å². The van der Waals surface area contributed by atoms with Crippen molar-refractivity contribution in [3.63, 3.8) is 0 Å². The number of hydrogen-bond acceptors (Lipinski definition) is 4. The van der Waals surface area contributed by atoms with Crippen molar-refractivity contribution in [3.8, 4) is 11.3 Å². The third-order valence-corrected chi connectivity index (χ3v) is 8.52. The lowest BCUT2D eigenvalue weighted by Crippen LogP contribution is -2.36. The maximum absolute atomic E-state index is 13.5. The van der Waals surface area contributed by atoms with Crippen LogP contribution in [0.15, 0.2) is 77.7 Å². The van der Waals surface area contributed by atoms with Crippen molar-refractivity contribution in [2.24, 2.45) is 0 Å². The van der Waals surface area contributed by atoms with Gasteiger partial charge in [0, 0.05) is 29.7 Å². The molecule has 0 aliphatic carbocycles. The second kappa shape index (κ2) is 9.79. The van der Waals surface area contributed by atoms with Gasteiger partial charge >= 0.3 is 0 Å². The first-order chi connectivity index (χ1) is 17.3. The van der Waals surface area contributed by atoms with Crippen LogP contribution in [0.25, 0.3) is 22.2 Å². The highest BCUT2D eigenvalue weighted by atomic mass is 32.2. The first-order valence-electron chi connectivity index (χ1n) is 11.9. The van der Waals surface area contributed by atoms with E-state index in [2.05, 4.69) is 10.3 Å². The fraction of sp³-hybridized carbons (Fsp3) is 0.214. The molecule has 1 amide bonds. The number of fused-ring (bicyclic) bond motifs is 1. The lowest BCUT2D eigenvalue weighted by molar-refractivity contribution is 0.102. The van der Waals surface area contributed by atoms with Crippen LogP contribution in [-0.2, 0) is 10.0 Å². The summed E-state index contributed by atoms with van der Waals surface area (Å²) in [6, 6.07) is 19.8. The maximum Gasteiger partial charge on any atom is 0.256 e. The lowest BCUT2D eigenvalue weighted by atomic mass is 10.0. The second-order valence-corrected chi connectivity index (χ2v) is 10.9. The topological polar surface area (TPSA) is 79.4 Å². The van der Waals surface area contributed by atoms with Gasteiger partial charge in [0.1, 0.15) is 5.82 Å². The normalized spacial score (nSPS) is 14.6. The Morgan fingerprint density at radius 3 is 2.42 bits per heavy atom. The summed E-state index contributed by atoms with van der Waals surface area (Å²) in [6.07, 6.45) is 2.72. The third kappa shape index (κ3) is 4.74. The molecule has 5 rings (SSSR count). The van der Waals surface area contributed by atoms with Crippen LogP contribution in [-0.4, -0.2) is 36.7 Å². The summed E-state index contributed by atoms with van der Waals surface area (Å²) >= 11 is 0. The molecule has 8 heteroatoms. The van der Waals surface area contributed by atoms with Gasteiger partial charge in [-0.25, -0.2) is 17.8 Å². The van der Waals surface area contributed by atoms with Crippen LogP contribution in [0.4, 0.5) is 10.1 Å². The van der Waals surface area contributed by atoms with Gasteiger partial charge in [-0.15, -0.1) is 0 Å². The first kappa shape index (κ1) is 24.1. The Morgan fingerprint density at radius 1 is 0.944 bits per heavy atom. The monoisotopic (exact) mass is 503 g/mol. The molecule has 6 nitrogen and oxygen atoms in total. The summed E-state index contributed by atoms with van der Waals surface area (Å²) in [6.45, 7) is 2.77. The number of piperidine rings is 1. The molecule has 0 saturated carbocycles. The van der Waals surface area contributed by atoms with Crippen molar-refractivity contribution in [3.05, 3.63) is 89.7 Å². The lowest BCUT2D eigenvalue weighted by Gasteiger charge is -2.26. The van der Waals surface area contributed by atoms with Crippen LogP contribution in [0.3, 0.4) is 0 Å². The Labute approximate surface area is 209 Å². The highest BCUT2D eigenvalue weighted by Gasteiger charge is 2.28. The average Bonchev–Trinajstić information content (AvgIpc) is 2.90. The van der Waals surface area contributed by atoms with Crippen LogP contribution in [0.1, 0.15) is 35.2 Å². The number of aryl methyl sites for hydroxylation is 1. The number of aromatic nitrogens is 1. The number of nitrogens with zero attached hydrogens (tertiary/aromatic N) is 2. The van der Waals surface area contributed by atoms with E-state index >= 15 is 0 Å². The summed E-state index contributed by atoms with van der Waals surface area (Å²) in [5, 5.41) is 3.53.